The number of carboxylic acids is 1. The Morgan fingerprint density at radius 2 is 2.10 bits per heavy atom. The van der Waals surface area contributed by atoms with Crippen LogP contribution in [0.2, 0.25) is 0 Å². The minimum atomic E-state index is -3.29. The number of sulfone groups is 1. The van der Waals surface area contributed by atoms with Crippen LogP contribution in [0.25, 0.3) is 0 Å². The molecule has 0 bridgehead atoms. The number of hydrogen-bond acceptors (Lipinski definition) is 5. The Hall–Kier alpha value is -1.35. The lowest BCUT2D eigenvalue weighted by Gasteiger charge is -2.25. The number of likely N-dealkylation sites (tertiary alicyclic amines) is 1. The largest absolute Gasteiger partial charge is 0.480 e. The first-order valence-electron chi connectivity index (χ1n) is 6.33. The molecule has 0 radical (unpaired) electrons. The molecule has 20 heavy (non-hydrogen) atoms. The van der Waals surface area contributed by atoms with Crippen LogP contribution in [0.3, 0.4) is 0 Å². The fourth-order valence-corrected chi connectivity index (χ4v) is 2.78. The summed E-state index contributed by atoms with van der Waals surface area (Å²) in [6.07, 6.45) is 2.25. The van der Waals surface area contributed by atoms with E-state index in [1.54, 1.807) is 0 Å². The summed E-state index contributed by atoms with van der Waals surface area (Å²) in [6, 6.07) is -2.14. The molecular weight excluding hydrogens is 288 g/mol. The molecular formula is C11H20N2O6S. The van der Waals surface area contributed by atoms with Crippen molar-refractivity contribution in [3.05, 3.63) is 0 Å². The summed E-state index contributed by atoms with van der Waals surface area (Å²) in [4.78, 5) is 24.4. The minimum Gasteiger partial charge on any atom is -0.480 e. The van der Waals surface area contributed by atoms with Gasteiger partial charge in [-0.1, -0.05) is 0 Å². The average molecular weight is 308 g/mol. The lowest BCUT2D eigenvalue weighted by Crippen LogP contribution is -2.50. The van der Waals surface area contributed by atoms with Gasteiger partial charge >= 0.3 is 12.0 Å². The highest BCUT2D eigenvalue weighted by atomic mass is 32.2. The molecule has 0 aromatic carbocycles. The van der Waals surface area contributed by atoms with Crippen LogP contribution in [0, 0.1) is 0 Å². The van der Waals surface area contributed by atoms with E-state index < -0.39 is 27.9 Å². The van der Waals surface area contributed by atoms with Gasteiger partial charge in [-0.05, 0) is 19.3 Å². The van der Waals surface area contributed by atoms with Gasteiger partial charge < -0.3 is 20.4 Å². The summed E-state index contributed by atoms with van der Waals surface area (Å²) < 4.78 is 22.1. The number of carboxylic acid groups (broad SMARTS) is 1. The summed E-state index contributed by atoms with van der Waals surface area (Å²) in [6.45, 7) is 0.282. The van der Waals surface area contributed by atoms with E-state index in [1.807, 2.05) is 0 Å². The monoisotopic (exact) mass is 308 g/mol. The SMILES string of the molecule is CS(=O)(=O)CCC(NC(=O)N1CCCC1CO)C(=O)O. The van der Waals surface area contributed by atoms with Gasteiger partial charge in [0, 0.05) is 12.8 Å². The third-order valence-corrected chi connectivity index (χ3v) is 4.20. The Bertz CT molecular complexity index is 464. The molecule has 0 aromatic heterocycles. The fraction of sp³-hybridized carbons (Fsp3) is 0.818. The Morgan fingerprint density at radius 1 is 1.45 bits per heavy atom. The Balaban J connectivity index is 2.61. The van der Waals surface area contributed by atoms with Crippen molar-refractivity contribution in [1.29, 1.82) is 0 Å². The zero-order chi connectivity index (χ0) is 15.3. The van der Waals surface area contributed by atoms with Gasteiger partial charge in [0.15, 0.2) is 0 Å². The molecule has 0 saturated carbocycles. The molecule has 2 unspecified atom stereocenters. The van der Waals surface area contributed by atoms with Gasteiger partial charge in [0.1, 0.15) is 15.9 Å². The topological polar surface area (TPSA) is 124 Å². The summed E-state index contributed by atoms with van der Waals surface area (Å²) in [5, 5.41) is 20.4. The van der Waals surface area contributed by atoms with Crippen LogP contribution in [0.1, 0.15) is 19.3 Å². The van der Waals surface area contributed by atoms with Crippen LogP contribution in [-0.2, 0) is 14.6 Å². The lowest BCUT2D eigenvalue weighted by atomic mass is 10.2. The summed E-state index contributed by atoms with van der Waals surface area (Å²) in [5.74, 6) is -1.59. The number of aliphatic hydroxyl groups is 1. The molecule has 1 rings (SSSR count). The first-order valence-corrected chi connectivity index (χ1v) is 8.39. The molecule has 0 aromatic rings. The number of carbonyl (C=O) groups is 2. The van der Waals surface area contributed by atoms with Crippen LogP contribution < -0.4 is 5.32 Å². The number of rotatable bonds is 6. The number of nitrogens with one attached hydrogen (secondary N) is 1. The maximum Gasteiger partial charge on any atom is 0.326 e. The number of nitrogens with zero attached hydrogens (tertiary/aromatic N) is 1. The maximum atomic E-state index is 11.9. The quantitative estimate of drug-likeness (QED) is 0.580. The smallest absolute Gasteiger partial charge is 0.326 e. The Kier molecular flexibility index (Phi) is 5.75. The van der Waals surface area contributed by atoms with Crippen molar-refractivity contribution in [2.24, 2.45) is 0 Å². The summed E-state index contributed by atoms with van der Waals surface area (Å²) in [7, 11) is -3.29. The van der Waals surface area contributed by atoms with Crippen molar-refractivity contribution in [2.45, 2.75) is 31.3 Å². The van der Waals surface area contributed by atoms with E-state index in [4.69, 9.17) is 10.2 Å². The molecule has 0 spiro atoms. The van der Waals surface area contributed by atoms with Crippen molar-refractivity contribution in [1.82, 2.24) is 10.2 Å². The number of aliphatic carboxylic acids is 1. The zero-order valence-electron chi connectivity index (χ0n) is 11.3. The van der Waals surface area contributed by atoms with E-state index in [2.05, 4.69) is 5.32 Å². The van der Waals surface area contributed by atoms with Crippen molar-refractivity contribution in [3.8, 4) is 0 Å². The van der Waals surface area contributed by atoms with Gasteiger partial charge in [0.2, 0.25) is 0 Å². The van der Waals surface area contributed by atoms with Crippen LogP contribution in [0.5, 0.6) is 0 Å². The van der Waals surface area contributed by atoms with Gasteiger partial charge in [0.25, 0.3) is 0 Å². The van der Waals surface area contributed by atoms with E-state index >= 15 is 0 Å². The normalized spacial score (nSPS) is 20.7. The molecule has 116 valence electrons. The van der Waals surface area contributed by atoms with Crippen LogP contribution in [0.15, 0.2) is 0 Å². The summed E-state index contributed by atoms with van der Waals surface area (Å²) in [5.41, 5.74) is 0. The van der Waals surface area contributed by atoms with Gasteiger partial charge in [-0.3, -0.25) is 0 Å². The average Bonchev–Trinajstić information content (AvgIpc) is 2.80. The lowest BCUT2D eigenvalue weighted by molar-refractivity contribution is -0.139. The standard InChI is InChI=1S/C11H20N2O6S/c1-20(18,19)6-4-9(10(15)16)12-11(17)13-5-2-3-8(13)7-14/h8-9,14H,2-7H2,1H3,(H,12,17)(H,15,16). The number of amides is 2. The molecule has 8 nitrogen and oxygen atoms in total. The minimum absolute atomic E-state index is 0.172. The molecule has 0 aliphatic carbocycles. The molecule has 2 amide bonds. The second-order valence-electron chi connectivity index (χ2n) is 4.93. The Labute approximate surface area is 117 Å². The molecule has 1 fully saturated rings. The van der Waals surface area contributed by atoms with Gasteiger partial charge in [-0.2, -0.15) is 0 Å². The molecule has 1 saturated heterocycles. The molecule has 1 heterocycles. The molecule has 1 aliphatic heterocycles. The molecule has 1 aliphatic rings. The maximum absolute atomic E-state index is 11.9. The van der Waals surface area contributed by atoms with Crippen molar-refractivity contribution >= 4 is 21.8 Å². The molecule has 2 atom stereocenters. The van der Waals surface area contributed by atoms with Gasteiger partial charge in [-0.25, -0.2) is 18.0 Å². The Morgan fingerprint density at radius 3 is 2.60 bits per heavy atom. The zero-order valence-corrected chi connectivity index (χ0v) is 12.1. The van der Waals surface area contributed by atoms with Gasteiger partial charge in [0.05, 0.1) is 18.4 Å². The number of aliphatic hydroxyl groups excluding tert-OH is 1. The third kappa shape index (κ3) is 4.97. The second-order valence-corrected chi connectivity index (χ2v) is 7.19. The van der Waals surface area contributed by atoms with Crippen LogP contribution in [0.4, 0.5) is 4.79 Å². The first kappa shape index (κ1) is 16.7. The number of hydrogen-bond donors (Lipinski definition) is 3. The van der Waals surface area contributed by atoms with E-state index in [9.17, 15) is 18.0 Å². The predicted molar refractivity (Wildman–Crippen MR) is 71.1 cm³/mol. The highest BCUT2D eigenvalue weighted by Gasteiger charge is 2.31. The van der Waals surface area contributed by atoms with E-state index in [1.165, 1.54) is 4.90 Å². The third-order valence-electron chi connectivity index (χ3n) is 3.22. The molecule has 9 heteroatoms. The van der Waals surface area contributed by atoms with Crippen LogP contribution >= 0.6 is 0 Å². The summed E-state index contributed by atoms with van der Waals surface area (Å²) >= 11 is 0. The van der Waals surface area contributed by atoms with Gasteiger partial charge in [-0.15, -0.1) is 0 Å². The van der Waals surface area contributed by atoms with E-state index in [0.29, 0.717) is 13.0 Å². The number of carbonyl (C=O) groups excluding carboxylic acids is 1. The van der Waals surface area contributed by atoms with Crippen molar-refractivity contribution < 1.29 is 28.2 Å². The predicted octanol–water partition coefficient (Wildman–Crippen LogP) is -0.959. The fourth-order valence-electron chi connectivity index (χ4n) is 2.11. The van der Waals surface area contributed by atoms with E-state index in [-0.39, 0.29) is 24.8 Å². The van der Waals surface area contributed by atoms with E-state index in [0.717, 1.165) is 12.7 Å². The highest BCUT2D eigenvalue weighted by molar-refractivity contribution is 7.90. The molecule has 3 N–H and O–H groups in total. The highest BCUT2D eigenvalue weighted by Crippen LogP contribution is 2.16. The van der Waals surface area contributed by atoms with Crippen LogP contribution in [-0.4, -0.2) is 72.8 Å². The first-order chi connectivity index (χ1) is 9.24. The van der Waals surface area contributed by atoms with Crippen molar-refractivity contribution in [3.63, 3.8) is 0 Å². The number of urea groups is 1. The second kappa shape index (κ2) is 6.89. The van der Waals surface area contributed by atoms with Crippen molar-refractivity contribution in [2.75, 3.05) is 25.2 Å².